The minimum atomic E-state index is -1.22. The van der Waals surface area contributed by atoms with Gasteiger partial charge in [-0.15, -0.1) is 0 Å². The summed E-state index contributed by atoms with van der Waals surface area (Å²) < 4.78 is 19.4. The highest BCUT2D eigenvalue weighted by molar-refractivity contribution is 5.96. The second kappa shape index (κ2) is 8.24. The third-order valence-corrected chi connectivity index (χ3v) is 4.73. The van der Waals surface area contributed by atoms with Crippen LogP contribution in [-0.2, 0) is 4.74 Å². The van der Waals surface area contributed by atoms with Crippen LogP contribution < -0.4 is 5.32 Å². The molecule has 0 bridgehead atoms. The molecule has 2 rings (SSSR count). The molecule has 1 aromatic carbocycles. The average molecular weight is 337 g/mol. The summed E-state index contributed by atoms with van der Waals surface area (Å²) in [5.41, 5.74) is -0.284. The van der Waals surface area contributed by atoms with Crippen LogP contribution in [0, 0.1) is 11.2 Å². The molecule has 0 unspecified atom stereocenters. The molecule has 0 spiro atoms. The van der Waals surface area contributed by atoms with Gasteiger partial charge in [0.15, 0.2) is 0 Å². The van der Waals surface area contributed by atoms with Crippen molar-refractivity contribution in [1.82, 2.24) is 5.32 Å². The molecule has 1 fully saturated rings. The van der Waals surface area contributed by atoms with E-state index in [0.717, 1.165) is 38.2 Å². The lowest BCUT2D eigenvalue weighted by Gasteiger charge is -2.29. The number of hydrogen-bond donors (Lipinski definition) is 2. The summed E-state index contributed by atoms with van der Waals surface area (Å²) in [4.78, 5) is 23.1. The number of carbonyl (C=O) groups excluding carboxylic acids is 1. The second-order valence-corrected chi connectivity index (χ2v) is 6.34. The van der Waals surface area contributed by atoms with Gasteiger partial charge < -0.3 is 15.2 Å². The summed E-state index contributed by atoms with van der Waals surface area (Å²) in [7, 11) is 0. The minimum Gasteiger partial charge on any atom is -0.478 e. The second-order valence-electron chi connectivity index (χ2n) is 6.34. The number of benzene rings is 1. The van der Waals surface area contributed by atoms with Crippen LogP contribution in [0.3, 0.4) is 0 Å². The molecule has 0 atom stereocenters. The highest BCUT2D eigenvalue weighted by Crippen LogP contribution is 2.40. The van der Waals surface area contributed by atoms with Crippen molar-refractivity contribution in [2.75, 3.05) is 19.8 Å². The molecule has 2 N–H and O–H groups in total. The third-order valence-electron chi connectivity index (χ3n) is 4.73. The zero-order valence-corrected chi connectivity index (χ0v) is 13.9. The van der Waals surface area contributed by atoms with Crippen LogP contribution in [-0.4, -0.2) is 36.7 Å². The first-order valence-corrected chi connectivity index (χ1v) is 8.36. The van der Waals surface area contributed by atoms with E-state index < -0.39 is 17.7 Å². The van der Waals surface area contributed by atoms with E-state index in [1.165, 1.54) is 12.1 Å². The molecule has 0 radical (unpaired) electrons. The van der Waals surface area contributed by atoms with Crippen LogP contribution in [0.1, 0.15) is 59.7 Å². The fourth-order valence-corrected chi connectivity index (χ4v) is 3.27. The number of carbonyl (C=O) groups is 2. The summed E-state index contributed by atoms with van der Waals surface area (Å²) in [6, 6.07) is 3.33. The maximum Gasteiger partial charge on any atom is 0.335 e. The number of carboxylic acids is 1. The fraction of sp³-hybridized carbons (Fsp3) is 0.556. The Balaban J connectivity index is 1.99. The Hall–Kier alpha value is -1.95. The monoisotopic (exact) mass is 337 g/mol. The first kappa shape index (κ1) is 18.4. The van der Waals surface area contributed by atoms with Gasteiger partial charge >= 0.3 is 5.97 Å². The Labute approximate surface area is 141 Å². The van der Waals surface area contributed by atoms with E-state index in [0.29, 0.717) is 19.8 Å². The topological polar surface area (TPSA) is 75.6 Å². The quantitative estimate of drug-likeness (QED) is 0.714. The van der Waals surface area contributed by atoms with E-state index in [4.69, 9.17) is 9.84 Å². The van der Waals surface area contributed by atoms with Gasteiger partial charge in [-0.05, 0) is 49.8 Å². The molecule has 1 aliphatic rings. The third kappa shape index (κ3) is 4.54. The van der Waals surface area contributed by atoms with Gasteiger partial charge in [0.25, 0.3) is 5.91 Å². The highest BCUT2D eigenvalue weighted by atomic mass is 19.1. The number of ether oxygens (including phenoxy) is 1. The number of hydrogen-bond acceptors (Lipinski definition) is 3. The zero-order chi connectivity index (χ0) is 17.6. The Morgan fingerprint density at radius 1 is 1.33 bits per heavy atom. The predicted octanol–water partition coefficient (Wildman–Crippen LogP) is 3.24. The van der Waals surface area contributed by atoms with Gasteiger partial charge in [0, 0.05) is 19.8 Å². The molecule has 1 aliphatic carbocycles. The average Bonchev–Trinajstić information content (AvgIpc) is 3.02. The number of halogens is 1. The van der Waals surface area contributed by atoms with Crippen molar-refractivity contribution < 1.29 is 23.8 Å². The molecule has 0 aromatic heterocycles. The molecule has 0 aliphatic heterocycles. The van der Waals surface area contributed by atoms with Crippen LogP contribution in [0.15, 0.2) is 18.2 Å². The maximum absolute atomic E-state index is 14.0. The normalized spacial score (nSPS) is 16.1. The Bertz CT molecular complexity index is 597. The molecule has 5 nitrogen and oxygen atoms in total. The molecule has 0 heterocycles. The molecule has 1 amide bonds. The van der Waals surface area contributed by atoms with Crippen LogP contribution in [0.2, 0.25) is 0 Å². The number of aromatic carboxylic acids is 1. The van der Waals surface area contributed by atoms with Crippen molar-refractivity contribution in [2.45, 2.75) is 39.0 Å². The molecular formula is C18H24FNO4. The van der Waals surface area contributed by atoms with E-state index >= 15 is 0 Å². The van der Waals surface area contributed by atoms with Crippen LogP contribution >= 0.6 is 0 Å². The first-order chi connectivity index (χ1) is 11.5. The van der Waals surface area contributed by atoms with Gasteiger partial charge in [-0.3, -0.25) is 4.79 Å². The van der Waals surface area contributed by atoms with Crippen molar-refractivity contribution in [3.8, 4) is 0 Å². The molecular weight excluding hydrogens is 313 g/mol. The lowest BCUT2D eigenvalue weighted by molar-refractivity contribution is 0.0695. The van der Waals surface area contributed by atoms with Crippen LogP contribution in [0.25, 0.3) is 0 Å². The zero-order valence-electron chi connectivity index (χ0n) is 13.9. The number of amides is 1. The fourth-order valence-electron chi connectivity index (χ4n) is 3.27. The Kier molecular flexibility index (Phi) is 6.31. The minimum absolute atomic E-state index is 0.0162. The summed E-state index contributed by atoms with van der Waals surface area (Å²) in [6.07, 6.45) is 5.19. The molecule has 6 heteroatoms. The number of carboxylic acid groups (broad SMARTS) is 1. The smallest absolute Gasteiger partial charge is 0.335 e. The standard InChI is InChI=1S/C18H24FNO4/c1-2-24-10-9-18(7-3-4-8-18)12-20-16(21)14-6-5-13(17(22)23)11-15(14)19/h5-6,11H,2-4,7-10,12H2,1H3,(H,20,21)(H,22,23). The summed E-state index contributed by atoms with van der Waals surface area (Å²) in [6.45, 7) is 3.77. The first-order valence-electron chi connectivity index (χ1n) is 8.36. The molecule has 24 heavy (non-hydrogen) atoms. The van der Waals surface area contributed by atoms with Crippen molar-refractivity contribution in [1.29, 1.82) is 0 Å². The van der Waals surface area contributed by atoms with Gasteiger partial charge in [0.2, 0.25) is 0 Å². The van der Waals surface area contributed by atoms with Crippen molar-refractivity contribution >= 4 is 11.9 Å². The molecule has 1 saturated carbocycles. The van der Waals surface area contributed by atoms with E-state index in [1.54, 1.807) is 0 Å². The summed E-state index contributed by atoms with van der Waals surface area (Å²) in [5.74, 6) is -2.55. The molecule has 0 saturated heterocycles. The van der Waals surface area contributed by atoms with Crippen LogP contribution in [0.4, 0.5) is 4.39 Å². The van der Waals surface area contributed by atoms with Gasteiger partial charge in [-0.25, -0.2) is 9.18 Å². The van der Waals surface area contributed by atoms with Gasteiger partial charge in [0.05, 0.1) is 11.1 Å². The van der Waals surface area contributed by atoms with Crippen LogP contribution in [0.5, 0.6) is 0 Å². The number of rotatable bonds is 8. The molecule has 1 aromatic rings. The van der Waals surface area contributed by atoms with Crippen molar-refractivity contribution in [3.63, 3.8) is 0 Å². The van der Waals surface area contributed by atoms with E-state index in [9.17, 15) is 14.0 Å². The molecule has 132 valence electrons. The van der Waals surface area contributed by atoms with E-state index in [2.05, 4.69) is 5.32 Å². The Morgan fingerprint density at radius 2 is 2.04 bits per heavy atom. The summed E-state index contributed by atoms with van der Waals surface area (Å²) in [5, 5.41) is 11.7. The Morgan fingerprint density at radius 3 is 2.62 bits per heavy atom. The summed E-state index contributed by atoms with van der Waals surface area (Å²) >= 11 is 0. The maximum atomic E-state index is 14.0. The largest absolute Gasteiger partial charge is 0.478 e. The highest BCUT2D eigenvalue weighted by Gasteiger charge is 2.34. The van der Waals surface area contributed by atoms with Gasteiger partial charge in [-0.1, -0.05) is 12.8 Å². The van der Waals surface area contributed by atoms with Crippen molar-refractivity contribution in [2.24, 2.45) is 5.41 Å². The lowest BCUT2D eigenvalue weighted by Crippen LogP contribution is -2.37. The SMILES string of the molecule is CCOCCC1(CNC(=O)c2ccc(C(=O)O)cc2F)CCCC1. The lowest BCUT2D eigenvalue weighted by atomic mass is 9.83. The van der Waals surface area contributed by atoms with Gasteiger partial charge in [-0.2, -0.15) is 0 Å². The van der Waals surface area contributed by atoms with Crippen molar-refractivity contribution in [3.05, 3.63) is 35.1 Å². The van der Waals surface area contributed by atoms with E-state index in [1.807, 2.05) is 6.92 Å². The van der Waals surface area contributed by atoms with E-state index in [-0.39, 0.29) is 16.5 Å². The predicted molar refractivity (Wildman–Crippen MR) is 87.7 cm³/mol. The number of nitrogens with one attached hydrogen (secondary N) is 1. The van der Waals surface area contributed by atoms with Gasteiger partial charge in [0.1, 0.15) is 5.82 Å².